The second-order valence-electron chi connectivity index (χ2n) is 15.5. The fourth-order valence-electron chi connectivity index (χ4n) is 5.77. The van der Waals surface area contributed by atoms with Gasteiger partial charge in [0, 0.05) is 19.3 Å². The van der Waals surface area contributed by atoms with E-state index in [1.807, 2.05) is 91.1 Å². The van der Waals surface area contributed by atoms with Crippen LogP contribution in [-0.4, -0.2) is 37.2 Å². The van der Waals surface area contributed by atoms with Gasteiger partial charge in [-0.3, -0.25) is 14.4 Å². The number of esters is 3. The van der Waals surface area contributed by atoms with Crippen molar-refractivity contribution in [3.8, 4) is 0 Å². The lowest BCUT2D eigenvalue weighted by atomic mass is 10.1. The molecular weight excluding hydrogens is 817 g/mol. The van der Waals surface area contributed by atoms with Crippen LogP contribution in [0, 0.1) is 0 Å². The molecule has 0 amide bonds. The molecule has 0 N–H and O–H groups in total. The third kappa shape index (κ3) is 49.5. The molecule has 0 saturated heterocycles. The van der Waals surface area contributed by atoms with Crippen LogP contribution in [0.5, 0.6) is 0 Å². The first-order chi connectivity index (χ1) is 32.5. The summed E-state index contributed by atoms with van der Waals surface area (Å²) in [6, 6.07) is 0. The van der Waals surface area contributed by atoms with Crippen molar-refractivity contribution >= 4 is 17.9 Å². The van der Waals surface area contributed by atoms with Crippen LogP contribution < -0.4 is 0 Å². The smallest absolute Gasteiger partial charge is 0.306 e. The van der Waals surface area contributed by atoms with Crippen LogP contribution in [0.1, 0.15) is 156 Å². The zero-order valence-corrected chi connectivity index (χ0v) is 41.1. The number of ether oxygens (including phenoxy) is 3. The minimum Gasteiger partial charge on any atom is -0.462 e. The number of allylic oxidation sites excluding steroid dienone is 30. The van der Waals surface area contributed by atoms with Gasteiger partial charge in [-0.1, -0.05) is 229 Å². The molecule has 0 aromatic carbocycles. The molecule has 0 spiro atoms. The molecule has 362 valence electrons. The van der Waals surface area contributed by atoms with Crippen molar-refractivity contribution in [1.82, 2.24) is 0 Å². The molecule has 0 radical (unpaired) electrons. The molecule has 0 aliphatic carbocycles. The van der Waals surface area contributed by atoms with E-state index in [4.69, 9.17) is 14.2 Å². The number of unbranched alkanes of at least 4 members (excludes halogenated alkanes) is 8. The second kappa shape index (κ2) is 52.1. The summed E-state index contributed by atoms with van der Waals surface area (Å²) in [5, 5.41) is 0. The van der Waals surface area contributed by atoms with Gasteiger partial charge in [0.15, 0.2) is 6.10 Å². The average Bonchev–Trinajstić information content (AvgIpc) is 3.31. The van der Waals surface area contributed by atoms with Gasteiger partial charge in [-0.25, -0.2) is 0 Å². The van der Waals surface area contributed by atoms with Gasteiger partial charge < -0.3 is 14.2 Å². The lowest BCUT2D eigenvalue weighted by molar-refractivity contribution is -0.166. The fraction of sp³-hybridized carbons (Fsp3) is 0.450. The van der Waals surface area contributed by atoms with Gasteiger partial charge >= 0.3 is 17.9 Å². The van der Waals surface area contributed by atoms with E-state index in [0.717, 1.165) is 103 Å². The Balaban J connectivity index is 4.68. The highest BCUT2D eigenvalue weighted by molar-refractivity contribution is 5.71. The highest BCUT2D eigenvalue weighted by atomic mass is 16.6. The van der Waals surface area contributed by atoms with Crippen LogP contribution in [0.15, 0.2) is 182 Å². The van der Waals surface area contributed by atoms with Crippen molar-refractivity contribution in [2.45, 2.75) is 162 Å². The molecule has 0 saturated carbocycles. The summed E-state index contributed by atoms with van der Waals surface area (Å²) in [6.45, 7) is 6.08. The van der Waals surface area contributed by atoms with E-state index in [-0.39, 0.29) is 38.0 Å². The summed E-state index contributed by atoms with van der Waals surface area (Å²) in [6.07, 6.45) is 78.8. The molecule has 0 aromatic heterocycles. The third-order valence-electron chi connectivity index (χ3n) is 9.41. The number of hydrogen-bond donors (Lipinski definition) is 0. The van der Waals surface area contributed by atoms with Gasteiger partial charge in [-0.2, -0.15) is 0 Å². The topological polar surface area (TPSA) is 78.9 Å². The lowest BCUT2D eigenvalue weighted by Gasteiger charge is -2.18. The molecule has 0 fully saturated rings. The predicted octanol–water partition coefficient (Wildman–Crippen LogP) is 16.6. The van der Waals surface area contributed by atoms with E-state index >= 15 is 0 Å². The van der Waals surface area contributed by atoms with E-state index in [2.05, 4.69) is 112 Å². The minimum absolute atomic E-state index is 0.144. The van der Waals surface area contributed by atoms with E-state index in [1.165, 1.54) is 0 Å². The van der Waals surface area contributed by atoms with E-state index in [1.54, 1.807) is 0 Å². The Kier molecular flexibility index (Phi) is 47.8. The Bertz CT molecular complexity index is 1650. The van der Waals surface area contributed by atoms with Crippen molar-refractivity contribution in [1.29, 1.82) is 0 Å². The van der Waals surface area contributed by atoms with Gasteiger partial charge in [0.1, 0.15) is 13.2 Å². The summed E-state index contributed by atoms with van der Waals surface area (Å²) >= 11 is 0. The minimum atomic E-state index is -0.856. The maximum absolute atomic E-state index is 12.8. The number of hydrogen-bond acceptors (Lipinski definition) is 6. The monoisotopic (exact) mass is 903 g/mol. The SMILES string of the molecule is CC\C=C/C=C\C=C/C=C\C=C\C=C/C=C\CCCCCC(=O)OCC(COC(=O)CCCCCCC\C=C/C=C\C=C/CC)OC(=O)CC/C=C\C/C=C\C/C=C\C/C=C\C/C=C\CC. The quantitative estimate of drug-likeness (QED) is 0.0200. The number of carbonyl (C=O) groups excluding carboxylic acids is 3. The summed E-state index contributed by atoms with van der Waals surface area (Å²) in [4.78, 5) is 37.9. The summed E-state index contributed by atoms with van der Waals surface area (Å²) < 4.78 is 16.6. The fourth-order valence-corrected chi connectivity index (χ4v) is 5.77. The molecule has 1 atom stereocenters. The molecule has 6 heteroatoms. The average molecular weight is 903 g/mol. The van der Waals surface area contributed by atoms with Crippen LogP contribution in [0.2, 0.25) is 0 Å². The van der Waals surface area contributed by atoms with Gasteiger partial charge in [0.05, 0.1) is 0 Å². The molecule has 6 nitrogen and oxygen atoms in total. The summed E-state index contributed by atoms with van der Waals surface area (Å²) in [5.41, 5.74) is 0. The number of rotatable bonds is 41. The van der Waals surface area contributed by atoms with Gasteiger partial charge in [0.2, 0.25) is 0 Å². The van der Waals surface area contributed by atoms with Crippen LogP contribution in [0.25, 0.3) is 0 Å². The van der Waals surface area contributed by atoms with Crippen molar-refractivity contribution in [3.05, 3.63) is 182 Å². The first kappa shape index (κ1) is 60.5. The van der Waals surface area contributed by atoms with Gasteiger partial charge in [-0.05, 0) is 89.9 Å². The highest BCUT2D eigenvalue weighted by Gasteiger charge is 2.19. The normalized spacial score (nSPS) is 13.7. The molecular formula is C60H86O6. The lowest BCUT2D eigenvalue weighted by Crippen LogP contribution is -2.30. The Morgan fingerprint density at radius 2 is 0.652 bits per heavy atom. The molecule has 0 aromatic rings. The number of carbonyl (C=O) groups is 3. The van der Waals surface area contributed by atoms with E-state index in [0.29, 0.717) is 19.3 Å². The second-order valence-corrected chi connectivity index (χ2v) is 15.5. The third-order valence-corrected chi connectivity index (χ3v) is 9.41. The predicted molar refractivity (Wildman–Crippen MR) is 283 cm³/mol. The highest BCUT2D eigenvalue weighted by Crippen LogP contribution is 2.11. The molecule has 0 aliphatic heterocycles. The van der Waals surface area contributed by atoms with Gasteiger partial charge in [-0.15, -0.1) is 0 Å². The largest absolute Gasteiger partial charge is 0.462 e. The standard InChI is InChI=1S/C60H86O6/c1-4-7-10-13-16-19-22-25-27-29-30-31-33-35-38-41-44-47-50-53-59(62)65-56-57(55-64-58(61)52-49-46-43-40-37-34-24-21-18-15-12-9-6-3)66-60(63)54-51-48-45-42-39-36-32-28-26-23-20-17-14-11-8-5-2/h7-13,15-22,24-31,33,35-36,38-39,45,48,57H,4-6,14,23,32,34,37,40-44,46-47,49-56H2,1-3H3/b10-7-,11-8-,12-9-,16-13-,18-15-,20-17-,22-19-,24-21-,27-25-,28-26-,30-29+,33-31-,38-35-,39-36-,48-45-. The van der Waals surface area contributed by atoms with Crippen molar-refractivity contribution in [2.24, 2.45) is 0 Å². The van der Waals surface area contributed by atoms with Crippen molar-refractivity contribution in [3.63, 3.8) is 0 Å². The first-order valence-electron chi connectivity index (χ1n) is 24.9. The maximum atomic E-state index is 12.8. The molecule has 0 rings (SSSR count). The maximum Gasteiger partial charge on any atom is 0.306 e. The zero-order valence-electron chi connectivity index (χ0n) is 41.1. The van der Waals surface area contributed by atoms with Crippen LogP contribution in [0.4, 0.5) is 0 Å². The van der Waals surface area contributed by atoms with Crippen LogP contribution >= 0.6 is 0 Å². The summed E-state index contributed by atoms with van der Waals surface area (Å²) in [5.74, 6) is -1.11. The Morgan fingerprint density at radius 3 is 1.08 bits per heavy atom. The molecule has 1 unspecified atom stereocenters. The Morgan fingerprint density at radius 1 is 0.318 bits per heavy atom. The van der Waals surface area contributed by atoms with Gasteiger partial charge in [0.25, 0.3) is 0 Å². The zero-order chi connectivity index (χ0) is 47.9. The van der Waals surface area contributed by atoms with E-state index < -0.39 is 12.1 Å². The molecule has 66 heavy (non-hydrogen) atoms. The Labute approximate surface area is 402 Å². The van der Waals surface area contributed by atoms with E-state index in [9.17, 15) is 14.4 Å². The summed E-state index contributed by atoms with van der Waals surface area (Å²) in [7, 11) is 0. The molecule has 0 bridgehead atoms. The molecule has 0 aliphatic rings. The van der Waals surface area contributed by atoms with Crippen molar-refractivity contribution in [2.75, 3.05) is 13.2 Å². The van der Waals surface area contributed by atoms with Crippen molar-refractivity contribution < 1.29 is 28.6 Å². The first-order valence-corrected chi connectivity index (χ1v) is 24.9. The van der Waals surface area contributed by atoms with Crippen LogP contribution in [0.3, 0.4) is 0 Å². The Hall–Kier alpha value is -5.49. The molecule has 0 heterocycles. The van der Waals surface area contributed by atoms with Crippen LogP contribution in [-0.2, 0) is 28.6 Å².